The Kier molecular flexibility index (Phi) is 6.00. The maximum Gasteiger partial charge on any atom is 0.0603 e. The van der Waals surface area contributed by atoms with E-state index in [0.717, 1.165) is 17.9 Å². The van der Waals surface area contributed by atoms with Crippen molar-refractivity contribution in [3.63, 3.8) is 0 Å². The summed E-state index contributed by atoms with van der Waals surface area (Å²) in [6.07, 6.45) is 14.3. The van der Waals surface area contributed by atoms with Crippen LogP contribution in [0.5, 0.6) is 0 Å². The molecule has 2 atom stereocenters. The van der Waals surface area contributed by atoms with Gasteiger partial charge in [0, 0.05) is 10.7 Å². The fourth-order valence-electron chi connectivity index (χ4n) is 3.76. The van der Waals surface area contributed by atoms with E-state index in [2.05, 4.69) is 22.9 Å². The van der Waals surface area contributed by atoms with Crippen LogP contribution >= 0.6 is 15.9 Å². The van der Waals surface area contributed by atoms with Crippen molar-refractivity contribution in [3.8, 4) is 0 Å². The topological polar surface area (TPSA) is 9.23 Å². The van der Waals surface area contributed by atoms with Crippen LogP contribution in [0.25, 0.3) is 0 Å². The lowest BCUT2D eigenvalue weighted by molar-refractivity contribution is -0.0566. The molecule has 0 spiro atoms. The molecule has 0 aromatic heterocycles. The normalized spacial score (nSPS) is 32.3. The number of halogens is 1. The third-order valence-corrected chi connectivity index (χ3v) is 6.35. The van der Waals surface area contributed by atoms with Gasteiger partial charge in [0.25, 0.3) is 0 Å². The Balaban J connectivity index is 1.84. The van der Waals surface area contributed by atoms with Crippen LogP contribution in [0, 0.1) is 11.3 Å². The predicted molar refractivity (Wildman–Crippen MR) is 81.3 cm³/mol. The summed E-state index contributed by atoms with van der Waals surface area (Å²) in [5, 5.41) is 1.13. The lowest BCUT2D eigenvalue weighted by atomic mass is 9.76. The molecule has 2 saturated carbocycles. The van der Waals surface area contributed by atoms with E-state index in [0.29, 0.717) is 11.5 Å². The fourth-order valence-corrected chi connectivity index (χ4v) is 4.48. The molecule has 0 aliphatic heterocycles. The third kappa shape index (κ3) is 3.72. The van der Waals surface area contributed by atoms with Gasteiger partial charge < -0.3 is 4.74 Å². The van der Waals surface area contributed by atoms with Gasteiger partial charge in [-0.25, -0.2) is 0 Å². The first-order valence-electron chi connectivity index (χ1n) is 7.97. The summed E-state index contributed by atoms with van der Waals surface area (Å²) >= 11 is 3.75. The first-order chi connectivity index (χ1) is 8.79. The molecule has 2 unspecified atom stereocenters. The monoisotopic (exact) mass is 316 g/mol. The Hall–Kier alpha value is 0.440. The minimum absolute atomic E-state index is 0.452. The van der Waals surface area contributed by atoms with Crippen LogP contribution in [0.2, 0.25) is 0 Å². The van der Waals surface area contributed by atoms with Crippen LogP contribution in [-0.2, 0) is 4.74 Å². The van der Waals surface area contributed by atoms with Gasteiger partial charge in [-0.1, -0.05) is 61.4 Å². The second kappa shape index (κ2) is 7.28. The van der Waals surface area contributed by atoms with Gasteiger partial charge in [0.2, 0.25) is 0 Å². The Morgan fingerprint density at radius 2 is 1.78 bits per heavy atom. The second-order valence-corrected chi connectivity index (χ2v) is 7.06. The highest BCUT2D eigenvalue weighted by Gasteiger charge is 2.33. The highest BCUT2D eigenvalue weighted by atomic mass is 79.9. The van der Waals surface area contributed by atoms with Crippen molar-refractivity contribution in [2.45, 2.75) is 77.2 Å². The van der Waals surface area contributed by atoms with E-state index >= 15 is 0 Å². The molecule has 0 radical (unpaired) electrons. The lowest BCUT2D eigenvalue weighted by Crippen LogP contribution is -2.36. The molecule has 106 valence electrons. The summed E-state index contributed by atoms with van der Waals surface area (Å²) in [4.78, 5) is 0. The molecule has 0 amide bonds. The summed E-state index contributed by atoms with van der Waals surface area (Å²) in [6, 6.07) is 0. The van der Waals surface area contributed by atoms with Crippen LogP contribution in [-0.4, -0.2) is 18.0 Å². The molecular weight excluding hydrogens is 288 g/mol. The van der Waals surface area contributed by atoms with Gasteiger partial charge in [0.1, 0.15) is 0 Å². The van der Waals surface area contributed by atoms with Crippen molar-refractivity contribution in [2.75, 3.05) is 11.9 Å². The average molecular weight is 317 g/mol. The number of hydrogen-bond acceptors (Lipinski definition) is 1. The third-order valence-electron chi connectivity index (χ3n) is 5.17. The number of rotatable bonds is 5. The Morgan fingerprint density at radius 3 is 2.44 bits per heavy atom. The number of ether oxygens (including phenoxy) is 1. The number of hydrogen-bond donors (Lipinski definition) is 0. The van der Waals surface area contributed by atoms with Crippen LogP contribution in [0.1, 0.15) is 71.1 Å². The van der Waals surface area contributed by atoms with Crippen molar-refractivity contribution in [1.82, 2.24) is 0 Å². The molecule has 0 heterocycles. The molecule has 2 heteroatoms. The van der Waals surface area contributed by atoms with E-state index in [9.17, 15) is 0 Å². The van der Waals surface area contributed by atoms with Crippen molar-refractivity contribution in [1.29, 1.82) is 0 Å². The van der Waals surface area contributed by atoms with Gasteiger partial charge in [-0.3, -0.25) is 0 Å². The van der Waals surface area contributed by atoms with E-state index in [1.54, 1.807) is 0 Å². The van der Waals surface area contributed by atoms with Crippen LogP contribution < -0.4 is 0 Å². The zero-order chi connectivity index (χ0) is 12.8. The van der Waals surface area contributed by atoms with Crippen molar-refractivity contribution < 1.29 is 4.74 Å². The highest BCUT2D eigenvalue weighted by molar-refractivity contribution is 9.09. The van der Waals surface area contributed by atoms with Crippen LogP contribution in [0.4, 0.5) is 0 Å². The summed E-state index contributed by atoms with van der Waals surface area (Å²) in [5.74, 6) is 0.828. The average Bonchev–Trinajstić information content (AvgIpc) is 2.46. The molecule has 1 nitrogen and oxygen atoms in total. The van der Waals surface area contributed by atoms with E-state index in [1.165, 1.54) is 64.2 Å². The number of alkyl halides is 1. The highest BCUT2D eigenvalue weighted by Crippen LogP contribution is 2.39. The summed E-state index contributed by atoms with van der Waals surface area (Å²) in [6.45, 7) is 3.33. The Morgan fingerprint density at radius 1 is 1.06 bits per heavy atom. The largest absolute Gasteiger partial charge is 0.377 e. The zero-order valence-corrected chi connectivity index (χ0v) is 13.5. The predicted octanol–water partition coefficient (Wildman–Crippen LogP) is 5.32. The smallest absolute Gasteiger partial charge is 0.0603 e. The molecule has 2 fully saturated rings. The van der Waals surface area contributed by atoms with E-state index < -0.39 is 0 Å². The molecule has 18 heavy (non-hydrogen) atoms. The van der Waals surface area contributed by atoms with Crippen LogP contribution in [0.15, 0.2) is 0 Å². The van der Waals surface area contributed by atoms with Gasteiger partial charge in [-0.15, -0.1) is 0 Å². The molecule has 2 aliphatic carbocycles. The standard InChI is InChI=1S/C16H29BrO/c1-2-14-8-4-5-9-15(14)18-13-16(12-17)10-6-3-7-11-16/h14-15H,2-13H2,1H3. The minimum Gasteiger partial charge on any atom is -0.377 e. The van der Waals surface area contributed by atoms with Crippen molar-refractivity contribution in [2.24, 2.45) is 11.3 Å². The molecule has 0 bridgehead atoms. The second-order valence-electron chi connectivity index (χ2n) is 6.50. The quantitative estimate of drug-likeness (QED) is 0.624. The van der Waals surface area contributed by atoms with Crippen molar-refractivity contribution >= 4 is 15.9 Å². The van der Waals surface area contributed by atoms with E-state index in [4.69, 9.17) is 4.74 Å². The van der Waals surface area contributed by atoms with Crippen LogP contribution in [0.3, 0.4) is 0 Å². The van der Waals surface area contributed by atoms with Gasteiger partial charge >= 0.3 is 0 Å². The van der Waals surface area contributed by atoms with E-state index in [-0.39, 0.29) is 0 Å². The molecule has 0 N–H and O–H groups in total. The summed E-state index contributed by atoms with van der Waals surface area (Å²) in [7, 11) is 0. The molecule has 0 aromatic rings. The van der Waals surface area contributed by atoms with E-state index in [1.807, 2.05) is 0 Å². The lowest BCUT2D eigenvalue weighted by Gasteiger charge is -2.39. The van der Waals surface area contributed by atoms with Gasteiger partial charge in [0.05, 0.1) is 12.7 Å². The Bertz CT molecular complexity index is 235. The maximum atomic E-state index is 6.39. The zero-order valence-electron chi connectivity index (χ0n) is 11.9. The first-order valence-corrected chi connectivity index (χ1v) is 9.09. The molecule has 2 aliphatic rings. The van der Waals surface area contributed by atoms with Crippen molar-refractivity contribution in [3.05, 3.63) is 0 Å². The van der Waals surface area contributed by atoms with Gasteiger partial charge in [-0.2, -0.15) is 0 Å². The summed E-state index contributed by atoms with van der Waals surface area (Å²) < 4.78 is 6.39. The Labute approximate surface area is 121 Å². The minimum atomic E-state index is 0.452. The maximum absolute atomic E-state index is 6.39. The molecular formula is C16H29BrO. The van der Waals surface area contributed by atoms with Gasteiger partial charge in [0.15, 0.2) is 0 Å². The summed E-state index contributed by atoms with van der Waals surface area (Å²) in [5.41, 5.74) is 0.452. The fraction of sp³-hybridized carbons (Fsp3) is 1.00. The van der Waals surface area contributed by atoms with Gasteiger partial charge in [-0.05, 0) is 31.6 Å². The molecule has 2 rings (SSSR count). The molecule has 0 aromatic carbocycles. The first kappa shape index (κ1) is 14.8. The molecule has 0 saturated heterocycles. The SMILES string of the molecule is CCC1CCCCC1OCC1(CBr)CCCCC1.